The first-order valence-electron chi connectivity index (χ1n) is 5.26. The smallest absolute Gasteiger partial charge is 0.305 e. The molecule has 1 amide bonds. The minimum atomic E-state index is -1.00. The van der Waals surface area contributed by atoms with E-state index in [9.17, 15) is 14.0 Å². The Balaban J connectivity index is 2.97. The Morgan fingerprint density at radius 1 is 1.44 bits per heavy atom. The lowest BCUT2D eigenvalue weighted by molar-refractivity contribution is -0.137. The molecule has 0 saturated heterocycles. The first kappa shape index (κ1) is 14.6. The maximum Gasteiger partial charge on any atom is 0.305 e. The van der Waals surface area contributed by atoms with Crippen molar-refractivity contribution in [2.75, 3.05) is 13.6 Å². The fraction of sp³-hybridized carbons (Fsp3) is 0.333. The fourth-order valence-corrected chi connectivity index (χ4v) is 1.90. The van der Waals surface area contributed by atoms with Crippen molar-refractivity contribution in [3.63, 3.8) is 0 Å². The monoisotopic (exact) mass is 317 g/mol. The molecule has 1 rings (SSSR count). The zero-order valence-electron chi connectivity index (χ0n) is 10.0. The third-order valence-corrected chi connectivity index (χ3v) is 3.53. The molecule has 0 bridgehead atoms. The van der Waals surface area contributed by atoms with Gasteiger partial charge in [-0.15, -0.1) is 0 Å². The van der Waals surface area contributed by atoms with Gasteiger partial charge in [-0.2, -0.15) is 0 Å². The summed E-state index contributed by atoms with van der Waals surface area (Å²) >= 11 is 3.18. The second-order valence-electron chi connectivity index (χ2n) is 3.92. The number of carboxylic acid groups (broad SMARTS) is 1. The molecule has 1 aromatic carbocycles. The zero-order chi connectivity index (χ0) is 13.9. The molecule has 0 saturated carbocycles. The molecule has 1 aromatic rings. The van der Waals surface area contributed by atoms with Crippen molar-refractivity contribution < 1.29 is 19.1 Å². The molecule has 0 fully saturated rings. The third-order valence-electron chi connectivity index (χ3n) is 2.51. The summed E-state index contributed by atoms with van der Waals surface area (Å²) in [5.74, 6) is -2.16. The molecule has 0 aliphatic carbocycles. The normalized spacial score (nSPS) is 10.2. The summed E-state index contributed by atoms with van der Waals surface area (Å²) in [5.41, 5.74) is 0.675. The van der Waals surface area contributed by atoms with Gasteiger partial charge < -0.3 is 10.0 Å². The van der Waals surface area contributed by atoms with Gasteiger partial charge in [0.05, 0.1) is 12.0 Å². The topological polar surface area (TPSA) is 57.6 Å². The van der Waals surface area contributed by atoms with Gasteiger partial charge in [0, 0.05) is 18.1 Å². The van der Waals surface area contributed by atoms with E-state index in [2.05, 4.69) is 15.9 Å². The van der Waals surface area contributed by atoms with Crippen molar-refractivity contribution in [2.24, 2.45) is 0 Å². The third kappa shape index (κ3) is 3.29. The minimum Gasteiger partial charge on any atom is -0.481 e. The van der Waals surface area contributed by atoms with Crippen LogP contribution in [0.25, 0.3) is 0 Å². The predicted octanol–water partition coefficient (Wildman–Crippen LogP) is 2.44. The van der Waals surface area contributed by atoms with Crippen LogP contribution in [0, 0.1) is 12.7 Å². The molecule has 6 heteroatoms. The second kappa shape index (κ2) is 5.95. The number of hydrogen-bond acceptors (Lipinski definition) is 2. The molecule has 0 heterocycles. The van der Waals surface area contributed by atoms with E-state index < -0.39 is 17.7 Å². The van der Waals surface area contributed by atoms with Crippen LogP contribution in [0.4, 0.5) is 4.39 Å². The van der Waals surface area contributed by atoms with Gasteiger partial charge >= 0.3 is 5.97 Å². The number of amides is 1. The van der Waals surface area contributed by atoms with Crippen LogP contribution in [0.15, 0.2) is 16.6 Å². The Hall–Kier alpha value is -1.43. The van der Waals surface area contributed by atoms with Crippen molar-refractivity contribution in [1.82, 2.24) is 4.90 Å². The maximum absolute atomic E-state index is 13.6. The number of nitrogens with zero attached hydrogens (tertiary/aromatic N) is 1. The van der Waals surface area contributed by atoms with Crippen molar-refractivity contribution in [3.8, 4) is 0 Å². The number of benzene rings is 1. The van der Waals surface area contributed by atoms with Crippen molar-refractivity contribution in [3.05, 3.63) is 33.5 Å². The summed E-state index contributed by atoms with van der Waals surface area (Å²) in [5, 5.41) is 8.55. The number of carboxylic acids is 1. The van der Waals surface area contributed by atoms with Crippen LogP contribution < -0.4 is 0 Å². The molecule has 0 radical (unpaired) electrons. The quantitative estimate of drug-likeness (QED) is 0.928. The number of aliphatic carboxylic acids is 1. The predicted molar refractivity (Wildman–Crippen MR) is 68.1 cm³/mol. The van der Waals surface area contributed by atoms with Crippen molar-refractivity contribution in [1.29, 1.82) is 0 Å². The summed E-state index contributed by atoms with van der Waals surface area (Å²) < 4.78 is 14.0. The van der Waals surface area contributed by atoms with Gasteiger partial charge in [-0.1, -0.05) is 6.07 Å². The average molecular weight is 318 g/mol. The van der Waals surface area contributed by atoms with Gasteiger partial charge in [-0.3, -0.25) is 9.59 Å². The highest BCUT2D eigenvalue weighted by Crippen LogP contribution is 2.25. The van der Waals surface area contributed by atoms with E-state index >= 15 is 0 Å². The number of hydrogen-bond donors (Lipinski definition) is 1. The van der Waals surface area contributed by atoms with E-state index in [1.54, 1.807) is 13.0 Å². The van der Waals surface area contributed by atoms with Gasteiger partial charge in [0.1, 0.15) is 5.82 Å². The summed E-state index contributed by atoms with van der Waals surface area (Å²) in [6.07, 6.45) is -0.173. The largest absolute Gasteiger partial charge is 0.481 e. The minimum absolute atomic E-state index is 0.0357. The van der Waals surface area contributed by atoms with Crippen LogP contribution in [0.1, 0.15) is 22.3 Å². The zero-order valence-corrected chi connectivity index (χ0v) is 11.6. The van der Waals surface area contributed by atoms with Crippen LogP contribution in [0.3, 0.4) is 0 Å². The van der Waals surface area contributed by atoms with Gasteiger partial charge in [-0.25, -0.2) is 4.39 Å². The van der Waals surface area contributed by atoms with Crippen LogP contribution >= 0.6 is 15.9 Å². The van der Waals surface area contributed by atoms with Gasteiger partial charge in [-0.05, 0) is 34.5 Å². The molecule has 0 aromatic heterocycles. The Bertz CT molecular complexity index is 490. The molecule has 18 heavy (non-hydrogen) atoms. The highest BCUT2D eigenvalue weighted by atomic mass is 79.9. The lowest BCUT2D eigenvalue weighted by atomic mass is 10.1. The van der Waals surface area contributed by atoms with E-state index in [4.69, 9.17) is 5.11 Å². The number of carbonyl (C=O) groups is 2. The Morgan fingerprint density at radius 3 is 2.61 bits per heavy atom. The van der Waals surface area contributed by atoms with E-state index in [-0.39, 0.29) is 18.5 Å². The standard InChI is InChI=1S/C12H13BrFNO3/c1-7-3-4-8(14)10(11(7)13)12(18)15(2)6-5-9(16)17/h3-4H,5-6H2,1-2H3,(H,16,17). The molecule has 1 N–H and O–H groups in total. The molecular weight excluding hydrogens is 305 g/mol. The summed E-state index contributed by atoms with van der Waals surface area (Å²) in [4.78, 5) is 23.6. The molecule has 0 spiro atoms. The first-order valence-corrected chi connectivity index (χ1v) is 6.05. The van der Waals surface area contributed by atoms with E-state index in [0.717, 1.165) is 5.56 Å². The highest BCUT2D eigenvalue weighted by molar-refractivity contribution is 9.10. The number of carbonyl (C=O) groups excluding carboxylic acids is 1. The average Bonchev–Trinajstić information content (AvgIpc) is 2.31. The summed E-state index contributed by atoms with van der Waals surface area (Å²) in [7, 11) is 1.44. The Kier molecular flexibility index (Phi) is 4.84. The van der Waals surface area contributed by atoms with Crippen molar-refractivity contribution in [2.45, 2.75) is 13.3 Å². The highest BCUT2D eigenvalue weighted by Gasteiger charge is 2.20. The molecule has 0 aliphatic rings. The van der Waals surface area contributed by atoms with E-state index in [1.165, 1.54) is 18.0 Å². The first-order chi connectivity index (χ1) is 8.34. The second-order valence-corrected chi connectivity index (χ2v) is 4.72. The molecule has 4 nitrogen and oxygen atoms in total. The number of aryl methyl sites for hydroxylation is 1. The molecule has 98 valence electrons. The fourth-order valence-electron chi connectivity index (χ4n) is 1.41. The summed E-state index contributed by atoms with van der Waals surface area (Å²) in [6.45, 7) is 1.78. The van der Waals surface area contributed by atoms with E-state index in [0.29, 0.717) is 4.47 Å². The van der Waals surface area contributed by atoms with E-state index in [1.807, 2.05) is 0 Å². The lowest BCUT2D eigenvalue weighted by Gasteiger charge is -2.18. The van der Waals surface area contributed by atoms with Crippen LogP contribution in [0.2, 0.25) is 0 Å². The summed E-state index contributed by atoms with van der Waals surface area (Å²) in [6, 6.07) is 2.78. The number of rotatable bonds is 4. The van der Waals surface area contributed by atoms with Gasteiger partial charge in [0.2, 0.25) is 0 Å². The lowest BCUT2D eigenvalue weighted by Crippen LogP contribution is -2.30. The molecule has 0 unspecified atom stereocenters. The number of halogens is 2. The maximum atomic E-state index is 13.6. The molecular formula is C12H13BrFNO3. The molecule has 0 aliphatic heterocycles. The Labute approximate surface area is 113 Å². The van der Waals surface area contributed by atoms with Crippen molar-refractivity contribution >= 4 is 27.8 Å². The van der Waals surface area contributed by atoms with Gasteiger partial charge in [0.15, 0.2) is 0 Å². The molecule has 0 atom stereocenters. The van der Waals surface area contributed by atoms with Gasteiger partial charge in [0.25, 0.3) is 5.91 Å². The van der Waals surface area contributed by atoms with Crippen LogP contribution in [-0.2, 0) is 4.79 Å². The Morgan fingerprint density at radius 2 is 2.06 bits per heavy atom. The van der Waals surface area contributed by atoms with Crippen LogP contribution in [0.5, 0.6) is 0 Å². The van der Waals surface area contributed by atoms with Crippen LogP contribution in [-0.4, -0.2) is 35.5 Å². The SMILES string of the molecule is Cc1ccc(F)c(C(=O)N(C)CCC(=O)O)c1Br.